The first kappa shape index (κ1) is 30.0. The maximum absolute atomic E-state index is 13.7. The maximum atomic E-state index is 13.7. The molecule has 0 aliphatic heterocycles. The summed E-state index contributed by atoms with van der Waals surface area (Å²) in [5, 5.41) is 2.91. The van der Waals surface area contributed by atoms with Gasteiger partial charge in [-0.15, -0.1) is 0 Å². The van der Waals surface area contributed by atoms with Crippen molar-refractivity contribution >= 4 is 27.5 Å². The summed E-state index contributed by atoms with van der Waals surface area (Å²) in [6, 6.07) is 12.9. The van der Waals surface area contributed by atoms with Gasteiger partial charge >= 0.3 is 0 Å². The summed E-state index contributed by atoms with van der Waals surface area (Å²) in [4.78, 5) is 28.2. The highest BCUT2D eigenvalue weighted by Gasteiger charge is 2.31. The number of hydrogen-bond acceptors (Lipinski definition) is 6. The van der Waals surface area contributed by atoms with E-state index in [9.17, 15) is 18.0 Å². The number of sulfonamides is 1. The molecule has 2 rings (SSSR count). The Kier molecular flexibility index (Phi) is 11.2. The van der Waals surface area contributed by atoms with Crippen LogP contribution in [-0.2, 0) is 26.2 Å². The average molecular weight is 534 g/mol. The van der Waals surface area contributed by atoms with Gasteiger partial charge in [0.05, 0.1) is 25.7 Å². The summed E-state index contributed by atoms with van der Waals surface area (Å²) >= 11 is 0. The molecule has 37 heavy (non-hydrogen) atoms. The second kappa shape index (κ2) is 13.9. The van der Waals surface area contributed by atoms with E-state index in [1.165, 1.54) is 4.90 Å². The highest BCUT2D eigenvalue weighted by Crippen LogP contribution is 2.23. The zero-order valence-electron chi connectivity index (χ0n) is 22.6. The summed E-state index contributed by atoms with van der Waals surface area (Å²) < 4.78 is 37.1. The quantitative estimate of drug-likeness (QED) is 0.399. The lowest BCUT2D eigenvalue weighted by atomic mass is 10.1. The Morgan fingerprint density at radius 1 is 0.973 bits per heavy atom. The molecular formula is C27H39N3O6S. The minimum atomic E-state index is -3.80. The van der Waals surface area contributed by atoms with Crippen molar-refractivity contribution in [2.24, 2.45) is 5.92 Å². The van der Waals surface area contributed by atoms with Crippen molar-refractivity contribution in [3.05, 3.63) is 54.1 Å². The van der Waals surface area contributed by atoms with E-state index in [2.05, 4.69) is 5.32 Å². The van der Waals surface area contributed by atoms with Crippen molar-refractivity contribution in [2.75, 3.05) is 37.4 Å². The summed E-state index contributed by atoms with van der Waals surface area (Å²) in [6.45, 7) is 8.30. The Morgan fingerprint density at radius 3 is 2.05 bits per heavy atom. The van der Waals surface area contributed by atoms with Crippen molar-refractivity contribution in [2.45, 2.75) is 46.7 Å². The first-order chi connectivity index (χ1) is 17.5. The van der Waals surface area contributed by atoms with Gasteiger partial charge in [0.15, 0.2) is 0 Å². The van der Waals surface area contributed by atoms with Gasteiger partial charge in [-0.2, -0.15) is 0 Å². The number of ether oxygens (including phenoxy) is 2. The normalized spacial score (nSPS) is 12.1. The summed E-state index contributed by atoms with van der Waals surface area (Å²) in [6.07, 6.45) is 1.42. The Bertz CT molecular complexity index is 1120. The van der Waals surface area contributed by atoms with Gasteiger partial charge in [0, 0.05) is 13.1 Å². The number of anilines is 1. The standard InChI is InChI=1S/C27H39N3O6S/c1-7-25(27(32)28-17-20(3)4)29(18-21-9-13-23(35-5)14-10-21)26(31)19-30(37(6,33)34)22-11-15-24(16-12-22)36-8-2/h9-16,20,25H,7-8,17-19H2,1-6H3,(H,28,32)/t25-/m1/s1. The van der Waals surface area contributed by atoms with Gasteiger partial charge < -0.3 is 19.7 Å². The molecule has 9 nitrogen and oxygen atoms in total. The Morgan fingerprint density at radius 2 is 1.57 bits per heavy atom. The number of carbonyl (C=O) groups is 2. The molecular weight excluding hydrogens is 494 g/mol. The molecule has 0 saturated carbocycles. The van der Waals surface area contributed by atoms with Crippen molar-refractivity contribution < 1.29 is 27.5 Å². The minimum absolute atomic E-state index is 0.136. The molecule has 0 fully saturated rings. The van der Waals surface area contributed by atoms with Crippen LogP contribution in [0.4, 0.5) is 5.69 Å². The predicted octanol–water partition coefficient (Wildman–Crippen LogP) is 3.44. The van der Waals surface area contributed by atoms with Crippen molar-refractivity contribution in [1.82, 2.24) is 10.2 Å². The lowest BCUT2D eigenvalue weighted by Crippen LogP contribution is -2.52. The third-order valence-corrected chi connectivity index (χ3v) is 6.84. The van der Waals surface area contributed by atoms with Crippen molar-refractivity contribution in [3.8, 4) is 11.5 Å². The van der Waals surface area contributed by atoms with Crippen molar-refractivity contribution in [1.29, 1.82) is 0 Å². The topological polar surface area (TPSA) is 105 Å². The van der Waals surface area contributed by atoms with Crippen molar-refractivity contribution in [3.63, 3.8) is 0 Å². The summed E-state index contributed by atoms with van der Waals surface area (Å²) in [5.41, 5.74) is 1.12. The average Bonchev–Trinajstić information content (AvgIpc) is 2.86. The van der Waals surface area contributed by atoms with Crippen LogP contribution in [0.15, 0.2) is 48.5 Å². The van der Waals surface area contributed by atoms with E-state index >= 15 is 0 Å². The van der Waals surface area contributed by atoms with Crippen LogP contribution in [-0.4, -0.2) is 64.2 Å². The fraction of sp³-hybridized carbons (Fsp3) is 0.481. The molecule has 0 aliphatic carbocycles. The Hall–Kier alpha value is -3.27. The molecule has 1 atom stereocenters. The second-order valence-corrected chi connectivity index (χ2v) is 11.0. The zero-order valence-corrected chi connectivity index (χ0v) is 23.4. The maximum Gasteiger partial charge on any atom is 0.244 e. The van der Waals surface area contributed by atoms with Crippen LogP contribution in [0.5, 0.6) is 11.5 Å². The molecule has 0 aromatic heterocycles. The molecule has 0 heterocycles. The molecule has 204 valence electrons. The number of nitrogens with one attached hydrogen (secondary N) is 1. The fourth-order valence-corrected chi connectivity index (χ4v) is 4.61. The van der Waals surface area contributed by atoms with Gasteiger partial charge in [-0.25, -0.2) is 8.42 Å². The number of amides is 2. The predicted molar refractivity (Wildman–Crippen MR) is 145 cm³/mol. The van der Waals surface area contributed by atoms with Crippen LogP contribution in [0.3, 0.4) is 0 Å². The van der Waals surface area contributed by atoms with Gasteiger partial charge in [0.25, 0.3) is 0 Å². The van der Waals surface area contributed by atoms with E-state index in [1.54, 1.807) is 43.5 Å². The van der Waals surface area contributed by atoms with Gasteiger partial charge in [0.2, 0.25) is 21.8 Å². The monoisotopic (exact) mass is 533 g/mol. The molecule has 2 aromatic rings. The first-order valence-electron chi connectivity index (χ1n) is 12.4. The summed E-state index contributed by atoms with van der Waals surface area (Å²) in [7, 11) is -2.23. The number of rotatable bonds is 14. The Balaban J connectivity index is 2.40. The lowest BCUT2D eigenvalue weighted by molar-refractivity contribution is -0.140. The highest BCUT2D eigenvalue weighted by molar-refractivity contribution is 7.92. The number of hydrogen-bond donors (Lipinski definition) is 1. The van der Waals surface area contributed by atoms with E-state index in [-0.39, 0.29) is 18.4 Å². The molecule has 1 N–H and O–H groups in total. The van der Waals surface area contributed by atoms with Crippen LogP contribution >= 0.6 is 0 Å². The third kappa shape index (κ3) is 8.96. The molecule has 0 unspecified atom stereocenters. The molecule has 0 radical (unpaired) electrons. The van der Waals surface area contributed by atoms with Gasteiger partial charge in [-0.1, -0.05) is 32.9 Å². The van der Waals surface area contributed by atoms with E-state index in [4.69, 9.17) is 9.47 Å². The van der Waals surface area contributed by atoms with Crippen LogP contribution < -0.4 is 19.1 Å². The zero-order chi connectivity index (χ0) is 27.6. The van der Waals surface area contributed by atoms with E-state index in [0.29, 0.717) is 36.8 Å². The molecule has 2 amide bonds. The number of methoxy groups -OCH3 is 1. The minimum Gasteiger partial charge on any atom is -0.497 e. The first-order valence-corrected chi connectivity index (χ1v) is 14.3. The number of nitrogens with zero attached hydrogens (tertiary/aromatic N) is 2. The SMILES string of the molecule is CCOc1ccc(N(CC(=O)N(Cc2ccc(OC)cc2)[C@H](CC)C(=O)NCC(C)C)S(C)(=O)=O)cc1. The van der Waals surface area contributed by atoms with Crippen LogP contribution in [0, 0.1) is 5.92 Å². The van der Waals surface area contributed by atoms with E-state index < -0.39 is 28.5 Å². The van der Waals surface area contributed by atoms with E-state index in [1.807, 2.05) is 39.8 Å². The molecule has 0 spiro atoms. The molecule has 0 saturated heterocycles. The molecule has 10 heteroatoms. The molecule has 2 aromatic carbocycles. The van der Waals surface area contributed by atoms with Crippen LogP contribution in [0.1, 0.15) is 39.7 Å². The number of benzene rings is 2. The number of carbonyl (C=O) groups excluding carboxylic acids is 2. The van der Waals surface area contributed by atoms with E-state index in [0.717, 1.165) is 16.1 Å². The van der Waals surface area contributed by atoms with Gasteiger partial charge in [0.1, 0.15) is 24.1 Å². The highest BCUT2D eigenvalue weighted by atomic mass is 32.2. The lowest BCUT2D eigenvalue weighted by Gasteiger charge is -2.33. The van der Waals surface area contributed by atoms with Crippen LogP contribution in [0.2, 0.25) is 0 Å². The molecule has 0 aliphatic rings. The van der Waals surface area contributed by atoms with Gasteiger partial charge in [-0.3, -0.25) is 13.9 Å². The molecule has 0 bridgehead atoms. The second-order valence-electron chi connectivity index (χ2n) is 9.13. The summed E-state index contributed by atoms with van der Waals surface area (Å²) in [5.74, 6) is 0.751. The smallest absolute Gasteiger partial charge is 0.244 e. The Labute approximate surface area is 220 Å². The van der Waals surface area contributed by atoms with Crippen LogP contribution in [0.25, 0.3) is 0 Å². The van der Waals surface area contributed by atoms with Gasteiger partial charge in [-0.05, 0) is 61.2 Å². The third-order valence-electron chi connectivity index (χ3n) is 5.70. The largest absolute Gasteiger partial charge is 0.497 e. The fourth-order valence-electron chi connectivity index (χ4n) is 3.76.